The van der Waals surface area contributed by atoms with Gasteiger partial charge in [0.2, 0.25) is 11.7 Å². The molecule has 8 nitrogen and oxygen atoms in total. The molecule has 2 aromatic rings. The molecule has 1 aromatic carbocycles. The third-order valence-electron chi connectivity index (χ3n) is 5.36. The number of aryl methyl sites for hydroxylation is 1. The number of hydrogen-bond donors (Lipinski definition) is 1. The first-order valence-corrected chi connectivity index (χ1v) is 11.2. The van der Waals surface area contributed by atoms with Gasteiger partial charge in [0.15, 0.2) is 5.96 Å². The van der Waals surface area contributed by atoms with Gasteiger partial charge < -0.3 is 24.2 Å². The van der Waals surface area contributed by atoms with Crippen LogP contribution in [0.4, 0.5) is 0 Å². The lowest BCUT2D eigenvalue weighted by atomic mass is 10.2. The van der Waals surface area contributed by atoms with Gasteiger partial charge in [-0.05, 0) is 55.9 Å². The fraction of sp³-hybridized carbons (Fsp3) is 0.609. The Bertz CT molecular complexity index is 808. The fourth-order valence-corrected chi connectivity index (χ4v) is 3.22. The number of benzene rings is 1. The number of aliphatic imine (C=N–C) groups is 1. The number of hydrogen-bond acceptors (Lipinski definition) is 6. The summed E-state index contributed by atoms with van der Waals surface area (Å²) in [6.07, 6.45) is 6.60. The second-order valence-electron chi connectivity index (χ2n) is 7.96. The molecule has 1 fully saturated rings. The van der Waals surface area contributed by atoms with Crippen molar-refractivity contribution in [1.29, 1.82) is 0 Å². The molecule has 1 heterocycles. The number of guanidine groups is 1. The van der Waals surface area contributed by atoms with Crippen molar-refractivity contribution >= 4 is 29.9 Å². The minimum atomic E-state index is 0. The first-order chi connectivity index (χ1) is 15.2. The van der Waals surface area contributed by atoms with E-state index in [1.54, 1.807) is 7.11 Å². The number of rotatable bonds is 13. The molecule has 0 saturated heterocycles. The lowest BCUT2D eigenvalue weighted by Gasteiger charge is -2.22. The Balaban J connectivity index is 0.00000363. The maximum Gasteiger partial charge on any atom is 0.226 e. The van der Waals surface area contributed by atoms with Crippen molar-refractivity contribution in [3.8, 4) is 17.1 Å². The van der Waals surface area contributed by atoms with Gasteiger partial charge in [0.05, 0.1) is 13.7 Å². The van der Waals surface area contributed by atoms with Crippen LogP contribution in [-0.2, 0) is 11.2 Å². The molecule has 1 aliphatic carbocycles. The van der Waals surface area contributed by atoms with Crippen LogP contribution < -0.4 is 10.1 Å². The standard InChI is InChI=1S/C23H35N5O3.HI/c1-24-23(28(2)15-16-30-17-18-8-9-18)25-14-6-4-5-7-21-26-22(27-31-21)19-10-12-20(29-3)13-11-19;/h10-13,18H,4-9,14-17H2,1-3H3,(H,24,25);1H. The topological polar surface area (TPSA) is 85.0 Å². The molecule has 32 heavy (non-hydrogen) atoms. The Morgan fingerprint density at radius 1 is 1.22 bits per heavy atom. The van der Waals surface area contributed by atoms with Crippen LogP contribution >= 0.6 is 24.0 Å². The molecule has 1 saturated carbocycles. The van der Waals surface area contributed by atoms with Crippen LogP contribution in [0.15, 0.2) is 33.8 Å². The van der Waals surface area contributed by atoms with Crippen LogP contribution in [0, 0.1) is 5.92 Å². The highest BCUT2D eigenvalue weighted by Gasteiger charge is 2.21. The van der Waals surface area contributed by atoms with E-state index in [1.165, 1.54) is 12.8 Å². The quantitative estimate of drug-likeness (QED) is 0.173. The molecule has 0 radical (unpaired) electrons. The third-order valence-corrected chi connectivity index (χ3v) is 5.36. The molecular weight excluding hydrogens is 521 g/mol. The van der Waals surface area contributed by atoms with E-state index in [-0.39, 0.29) is 24.0 Å². The number of halogens is 1. The molecule has 1 N–H and O–H groups in total. The summed E-state index contributed by atoms with van der Waals surface area (Å²) in [6, 6.07) is 7.65. The summed E-state index contributed by atoms with van der Waals surface area (Å²) < 4.78 is 16.3. The fourth-order valence-electron chi connectivity index (χ4n) is 3.22. The molecule has 0 bridgehead atoms. The predicted molar refractivity (Wildman–Crippen MR) is 137 cm³/mol. The van der Waals surface area contributed by atoms with E-state index in [9.17, 15) is 0 Å². The van der Waals surface area contributed by atoms with Crippen LogP contribution in [0.5, 0.6) is 5.75 Å². The summed E-state index contributed by atoms with van der Waals surface area (Å²) in [6.45, 7) is 3.39. The van der Waals surface area contributed by atoms with Crippen LogP contribution in [0.3, 0.4) is 0 Å². The summed E-state index contributed by atoms with van der Waals surface area (Å²) in [5.41, 5.74) is 0.924. The molecule has 0 unspecified atom stereocenters. The molecule has 9 heteroatoms. The summed E-state index contributed by atoms with van der Waals surface area (Å²) in [4.78, 5) is 11.0. The number of unbranched alkanes of at least 4 members (excludes halogenated alkanes) is 2. The van der Waals surface area contributed by atoms with E-state index in [0.717, 1.165) is 75.2 Å². The Kier molecular flexibility index (Phi) is 11.8. The molecule has 178 valence electrons. The van der Waals surface area contributed by atoms with Gasteiger partial charge in [-0.3, -0.25) is 4.99 Å². The summed E-state index contributed by atoms with van der Waals surface area (Å²) >= 11 is 0. The lowest BCUT2D eigenvalue weighted by molar-refractivity contribution is 0.115. The first-order valence-electron chi connectivity index (χ1n) is 11.2. The van der Waals surface area contributed by atoms with Crippen molar-refractivity contribution in [2.24, 2.45) is 10.9 Å². The molecular formula is C23H36IN5O3. The Hall–Kier alpha value is -1.88. The van der Waals surface area contributed by atoms with Crippen LogP contribution in [0.25, 0.3) is 11.4 Å². The van der Waals surface area contributed by atoms with Gasteiger partial charge >= 0.3 is 0 Å². The smallest absolute Gasteiger partial charge is 0.226 e. The van der Waals surface area contributed by atoms with Gasteiger partial charge in [0, 0.05) is 45.8 Å². The molecule has 0 amide bonds. The first kappa shape index (κ1) is 26.4. The molecule has 3 rings (SSSR count). The van der Waals surface area contributed by atoms with Crippen LogP contribution in [-0.4, -0.2) is 68.5 Å². The average Bonchev–Trinajstić information content (AvgIpc) is 3.51. The number of nitrogens with one attached hydrogen (secondary N) is 1. The molecule has 1 aromatic heterocycles. The largest absolute Gasteiger partial charge is 0.497 e. The SMILES string of the molecule is CN=C(NCCCCCc1nc(-c2ccc(OC)cc2)no1)N(C)CCOCC1CC1.I. The monoisotopic (exact) mass is 557 g/mol. The van der Waals surface area contributed by atoms with Crippen molar-refractivity contribution < 1.29 is 14.0 Å². The lowest BCUT2D eigenvalue weighted by Crippen LogP contribution is -2.41. The van der Waals surface area contributed by atoms with Crippen molar-refractivity contribution in [2.75, 3.05) is 47.5 Å². The summed E-state index contributed by atoms with van der Waals surface area (Å²) in [5, 5.41) is 7.51. The third kappa shape index (κ3) is 8.93. The van der Waals surface area contributed by atoms with E-state index in [4.69, 9.17) is 14.0 Å². The van der Waals surface area contributed by atoms with Gasteiger partial charge in [0.25, 0.3) is 0 Å². The number of methoxy groups -OCH3 is 1. The molecule has 0 spiro atoms. The van der Waals surface area contributed by atoms with Gasteiger partial charge in [-0.2, -0.15) is 4.98 Å². The highest BCUT2D eigenvalue weighted by atomic mass is 127. The minimum absolute atomic E-state index is 0. The Labute approximate surface area is 208 Å². The zero-order valence-corrected chi connectivity index (χ0v) is 21.7. The van der Waals surface area contributed by atoms with E-state index in [1.807, 2.05) is 38.4 Å². The van der Waals surface area contributed by atoms with E-state index in [2.05, 4.69) is 25.3 Å². The van der Waals surface area contributed by atoms with Gasteiger partial charge in [-0.1, -0.05) is 11.6 Å². The minimum Gasteiger partial charge on any atom is -0.497 e. The van der Waals surface area contributed by atoms with Crippen molar-refractivity contribution in [1.82, 2.24) is 20.4 Å². The average molecular weight is 557 g/mol. The van der Waals surface area contributed by atoms with E-state index in [0.29, 0.717) is 11.7 Å². The Morgan fingerprint density at radius 3 is 2.69 bits per heavy atom. The van der Waals surface area contributed by atoms with Crippen LogP contribution in [0.1, 0.15) is 38.0 Å². The van der Waals surface area contributed by atoms with E-state index >= 15 is 0 Å². The van der Waals surface area contributed by atoms with Gasteiger partial charge in [-0.15, -0.1) is 24.0 Å². The highest BCUT2D eigenvalue weighted by Crippen LogP contribution is 2.28. The zero-order valence-electron chi connectivity index (χ0n) is 19.4. The second-order valence-corrected chi connectivity index (χ2v) is 7.96. The van der Waals surface area contributed by atoms with E-state index < -0.39 is 0 Å². The number of likely N-dealkylation sites (N-methyl/N-ethyl adjacent to an activating group) is 1. The highest BCUT2D eigenvalue weighted by molar-refractivity contribution is 14.0. The maximum atomic E-state index is 5.71. The summed E-state index contributed by atoms with van der Waals surface area (Å²) in [5.74, 6) is 3.83. The van der Waals surface area contributed by atoms with Crippen molar-refractivity contribution in [2.45, 2.75) is 38.5 Å². The molecule has 0 aliphatic heterocycles. The van der Waals surface area contributed by atoms with Crippen LogP contribution in [0.2, 0.25) is 0 Å². The second kappa shape index (κ2) is 14.3. The zero-order chi connectivity index (χ0) is 21.9. The van der Waals surface area contributed by atoms with Crippen molar-refractivity contribution in [3.05, 3.63) is 30.2 Å². The molecule has 1 aliphatic rings. The summed E-state index contributed by atoms with van der Waals surface area (Å²) in [7, 11) is 5.52. The molecule has 0 atom stereocenters. The van der Waals surface area contributed by atoms with Gasteiger partial charge in [0.1, 0.15) is 5.75 Å². The maximum absolute atomic E-state index is 5.71. The number of aromatic nitrogens is 2. The number of nitrogens with zero attached hydrogens (tertiary/aromatic N) is 4. The number of ether oxygens (including phenoxy) is 2. The Morgan fingerprint density at radius 2 is 2.00 bits per heavy atom. The van der Waals surface area contributed by atoms with Gasteiger partial charge in [-0.25, -0.2) is 0 Å². The normalized spacial score (nSPS) is 13.5. The predicted octanol–water partition coefficient (Wildman–Crippen LogP) is 4.01. The van der Waals surface area contributed by atoms with Crippen molar-refractivity contribution in [3.63, 3.8) is 0 Å².